The highest BCUT2D eigenvalue weighted by Gasteiger charge is 2.36. The molecule has 8 heteroatoms. The Bertz CT molecular complexity index is 1170. The summed E-state index contributed by atoms with van der Waals surface area (Å²) in [5, 5.41) is 3.35. The number of nitrogens with one attached hydrogen (secondary N) is 1. The third kappa shape index (κ3) is 5.94. The van der Waals surface area contributed by atoms with Crippen molar-refractivity contribution >= 4 is 51.7 Å². The zero-order chi connectivity index (χ0) is 23.2. The van der Waals surface area contributed by atoms with E-state index in [0.29, 0.717) is 33.9 Å². The van der Waals surface area contributed by atoms with Crippen molar-refractivity contribution in [2.45, 2.75) is 18.2 Å². The first-order chi connectivity index (χ1) is 16.0. The van der Waals surface area contributed by atoms with E-state index in [2.05, 4.69) is 10.3 Å². The second-order valence-electron chi connectivity index (χ2n) is 7.37. The van der Waals surface area contributed by atoms with E-state index in [4.69, 9.17) is 16.3 Å². The first kappa shape index (κ1) is 22.9. The molecule has 1 fully saturated rings. The number of aliphatic imine (C=N–C) groups is 1. The van der Waals surface area contributed by atoms with Crippen molar-refractivity contribution in [3.8, 4) is 5.75 Å². The third-order valence-corrected chi connectivity index (χ3v) is 6.44. The highest BCUT2D eigenvalue weighted by molar-refractivity contribution is 8.15. The maximum atomic E-state index is 13.1. The van der Waals surface area contributed by atoms with E-state index in [-0.39, 0.29) is 18.2 Å². The van der Waals surface area contributed by atoms with Gasteiger partial charge in [-0.3, -0.25) is 14.5 Å². The molecule has 33 heavy (non-hydrogen) atoms. The molecule has 0 saturated carbocycles. The minimum atomic E-state index is -0.609. The zero-order valence-corrected chi connectivity index (χ0v) is 19.5. The van der Waals surface area contributed by atoms with Crippen molar-refractivity contribution in [1.82, 2.24) is 4.90 Å². The van der Waals surface area contributed by atoms with Gasteiger partial charge < -0.3 is 10.1 Å². The number of hydrogen-bond donors (Lipinski definition) is 1. The Balaban J connectivity index is 1.58. The predicted molar refractivity (Wildman–Crippen MR) is 133 cm³/mol. The number of ether oxygens (including phenoxy) is 1. The molecule has 0 aromatic heterocycles. The number of hydrogen-bond acceptors (Lipinski definition) is 5. The Labute approximate surface area is 201 Å². The van der Waals surface area contributed by atoms with E-state index in [9.17, 15) is 9.59 Å². The van der Waals surface area contributed by atoms with Crippen molar-refractivity contribution in [1.29, 1.82) is 0 Å². The Morgan fingerprint density at radius 3 is 2.61 bits per heavy atom. The normalized spacial score (nSPS) is 17.2. The van der Waals surface area contributed by atoms with Crippen LogP contribution >= 0.6 is 23.4 Å². The van der Waals surface area contributed by atoms with Crippen LogP contribution < -0.4 is 10.1 Å². The van der Waals surface area contributed by atoms with Gasteiger partial charge in [0.15, 0.2) is 5.17 Å². The van der Waals surface area contributed by atoms with E-state index >= 15 is 0 Å². The summed E-state index contributed by atoms with van der Waals surface area (Å²) in [6.07, 6.45) is 0.0763. The van der Waals surface area contributed by atoms with Gasteiger partial charge in [-0.2, -0.15) is 0 Å². The molecule has 1 aliphatic heterocycles. The number of methoxy groups -OCH3 is 1. The van der Waals surface area contributed by atoms with Crippen molar-refractivity contribution in [2.75, 3.05) is 12.4 Å². The van der Waals surface area contributed by atoms with E-state index < -0.39 is 5.25 Å². The summed E-state index contributed by atoms with van der Waals surface area (Å²) in [6.45, 7) is 0.378. The fourth-order valence-electron chi connectivity index (χ4n) is 3.31. The summed E-state index contributed by atoms with van der Waals surface area (Å²) >= 11 is 7.27. The molecular weight excluding hydrogens is 458 g/mol. The number of carbonyl (C=O) groups excluding carboxylic acids is 2. The average Bonchev–Trinajstić information content (AvgIpc) is 2.83. The number of halogens is 1. The van der Waals surface area contributed by atoms with Crippen LogP contribution in [0.3, 0.4) is 0 Å². The number of amidine groups is 1. The summed E-state index contributed by atoms with van der Waals surface area (Å²) in [6, 6.07) is 23.8. The van der Waals surface area contributed by atoms with Crippen LogP contribution in [-0.4, -0.2) is 34.2 Å². The van der Waals surface area contributed by atoms with E-state index in [0.717, 1.165) is 5.56 Å². The molecule has 0 radical (unpaired) electrons. The molecule has 1 atom stereocenters. The number of nitrogens with zero attached hydrogens (tertiary/aromatic N) is 2. The number of thioether (sulfide) groups is 1. The average molecular weight is 480 g/mol. The van der Waals surface area contributed by atoms with Crippen molar-refractivity contribution in [2.24, 2.45) is 4.99 Å². The predicted octanol–water partition coefficient (Wildman–Crippen LogP) is 5.51. The van der Waals surface area contributed by atoms with Crippen LogP contribution in [0.25, 0.3) is 0 Å². The van der Waals surface area contributed by atoms with Crippen molar-refractivity contribution in [3.05, 3.63) is 89.4 Å². The van der Waals surface area contributed by atoms with Gasteiger partial charge in [0, 0.05) is 23.2 Å². The van der Waals surface area contributed by atoms with Gasteiger partial charge in [-0.15, -0.1) is 0 Å². The number of rotatable bonds is 6. The first-order valence-electron chi connectivity index (χ1n) is 10.3. The largest absolute Gasteiger partial charge is 0.497 e. The molecule has 0 bridgehead atoms. The Morgan fingerprint density at radius 1 is 1.12 bits per heavy atom. The smallest absolute Gasteiger partial charge is 0.238 e. The molecule has 1 heterocycles. The highest BCUT2D eigenvalue weighted by Crippen LogP contribution is 2.31. The Kier molecular flexibility index (Phi) is 7.32. The van der Waals surface area contributed by atoms with Gasteiger partial charge >= 0.3 is 0 Å². The van der Waals surface area contributed by atoms with Gasteiger partial charge in [-0.25, -0.2) is 4.99 Å². The molecule has 3 aromatic carbocycles. The molecule has 168 valence electrons. The first-order valence-corrected chi connectivity index (χ1v) is 11.6. The molecule has 4 rings (SSSR count). The number of carbonyl (C=O) groups is 2. The maximum absolute atomic E-state index is 13.1. The lowest BCUT2D eigenvalue weighted by atomic mass is 10.2. The topological polar surface area (TPSA) is 71.0 Å². The summed E-state index contributed by atoms with van der Waals surface area (Å²) in [5.41, 5.74) is 2.24. The maximum Gasteiger partial charge on any atom is 0.238 e. The summed E-state index contributed by atoms with van der Waals surface area (Å²) in [7, 11) is 1.57. The molecule has 3 aromatic rings. The van der Waals surface area contributed by atoms with Gasteiger partial charge in [0.2, 0.25) is 11.8 Å². The lowest BCUT2D eigenvalue weighted by Gasteiger charge is -2.32. The van der Waals surface area contributed by atoms with Crippen LogP contribution in [0.15, 0.2) is 83.9 Å². The highest BCUT2D eigenvalue weighted by atomic mass is 35.5. The Hall–Kier alpha value is -3.29. The number of anilines is 1. The minimum absolute atomic E-state index is 0.0763. The van der Waals surface area contributed by atoms with E-state index in [1.54, 1.807) is 60.5 Å². The quantitative estimate of drug-likeness (QED) is 0.506. The Morgan fingerprint density at radius 2 is 1.88 bits per heavy atom. The second kappa shape index (κ2) is 10.6. The monoisotopic (exact) mass is 479 g/mol. The summed E-state index contributed by atoms with van der Waals surface area (Å²) in [4.78, 5) is 32.4. The second-order valence-corrected chi connectivity index (χ2v) is 8.97. The minimum Gasteiger partial charge on any atom is -0.497 e. The van der Waals surface area contributed by atoms with Crippen LogP contribution in [-0.2, 0) is 16.1 Å². The fourth-order valence-corrected chi connectivity index (χ4v) is 4.54. The molecule has 1 unspecified atom stereocenters. The standard InChI is InChI=1S/C25H22ClN3O3S/c1-32-21-9-5-8-20(14-21)27-24(31)22-15-23(30)29(16-17-6-3-2-4-7-17)25(33-22)28-19-12-10-18(26)11-13-19/h2-14,22H,15-16H2,1H3,(H,27,31). The molecule has 1 N–H and O–H groups in total. The van der Waals surface area contributed by atoms with E-state index in [1.807, 2.05) is 30.3 Å². The van der Waals surface area contributed by atoms with Crippen LogP contribution in [0.2, 0.25) is 5.02 Å². The molecule has 1 aliphatic rings. The number of benzene rings is 3. The van der Waals surface area contributed by atoms with Crippen LogP contribution in [0.4, 0.5) is 11.4 Å². The molecule has 0 spiro atoms. The SMILES string of the molecule is COc1cccc(NC(=O)C2CC(=O)N(Cc3ccccc3)C(=Nc3ccc(Cl)cc3)S2)c1. The lowest BCUT2D eigenvalue weighted by molar-refractivity contribution is -0.129. The molecular formula is C25H22ClN3O3S. The van der Waals surface area contributed by atoms with Gasteiger partial charge in [-0.1, -0.05) is 59.8 Å². The summed E-state index contributed by atoms with van der Waals surface area (Å²) < 4.78 is 5.22. The van der Waals surface area contributed by atoms with Crippen LogP contribution in [0, 0.1) is 0 Å². The molecule has 6 nitrogen and oxygen atoms in total. The van der Waals surface area contributed by atoms with Crippen LogP contribution in [0.1, 0.15) is 12.0 Å². The van der Waals surface area contributed by atoms with Gasteiger partial charge in [0.25, 0.3) is 0 Å². The van der Waals surface area contributed by atoms with Gasteiger partial charge in [0.1, 0.15) is 11.0 Å². The molecule has 1 saturated heterocycles. The van der Waals surface area contributed by atoms with Crippen LogP contribution in [0.5, 0.6) is 5.75 Å². The van der Waals surface area contributed by atoms with Crippen molar-refractivity contribution < 1.29 is 14.3 Å². The molecule has 0 aliphatic carbocycles. The fraction of sp³-hybridized carbons (Fsp3) is 0.160. The number of amides is 2. The third-order valence-electron chi connectivity index (χ3n) is 5.00. The van der Waals surface area contributed by atoms with Crippen molar-refractivity contribution in [3.63, 3.8) is 0 Å². The van der Waals surface area contributed by atoms with E-state index in [1.165, 1.54) is 11.8 Å². The van der Waals surface area contributed by atoms with Gasteiger partial charge in [-0.05, 0) is 42.0 Å². The lowest BCUT2D eigenvalue weighted by Crippen LogP contribution is -2.44. The summed E-state index contributed by atoms with van der Waals surface area (Å²) in [5.74, 6) is 0.222. The molecule has 2 amide bonds. The zero-order valence-electron chi connectivity index (χ0n) is 17.9. The van der Waals surface area contributed by atoms with Gasteiger partial charge in [0.05, 0.1) is 19.3 Å².